The molecule has 0 unspecified atom stereocenters. The van der Waals surface area contributed by atoms with Crippen LogP contribution in [0.4, 0.5) is 5.69 Å². The Morgan fingerprint density at radius 2 is 2.05 bits per heavy atom. The zero-order valence-electron chi connectivity index (χ0n) is 10.9. The van der Waals surface area contributed by atoms with Gasteiger partial charge in [-0.15, -0.1) is 0 Å². The van der Waals surface area contributed by atoms with Crippen molar-refractivity contribution < 1.29 is 14.6 Å². The SMILES string of the molecule is COc1ccc(C(=O)O)cc1NCc1ccccc1Br. The Morgan fingerprint density at radius 3 is 2.70 bits per heavy atom. The Hall–Kier alpha value is -2.01. The molecule has 5 heteroatoms. The molecule has 0 bridgehead atoms. The van der Waals surface area contributed by atoms with E-state index in [0.29, 0.717) is 18.0 Å². The van der Waals surface area contributed by atoms with Gasteiger partial charge in [0.25, 0.3) is 0 Å². The number of hydrogen-bond donors (Lipinski definition) is 2. The summed E-state index contributed by atoms with van der Waals surface area (Å²) in [5.41, 5.74) is 1.96. The van der Waals surface area contributed by atoms with E-state index >= 15 is 0 Å². The Morgan fingerprint density at radius 1 is 1.30 bits per heavy atom. The quantitative estimate of drug-likeness (QED) is 0.873. The largest absolute Gasteiger partial charge is 0.495 e. The molecule has 4 nitrogen and oxygen atoms in total. The highest BCUT2D eigenvalue weighted by Crippen LogP contribution is 2.27. The van der Waals surface area contributed by atoms with E-state index in [1.54, 1.807) is 19.2 Å². The first-order valence-electron chi connectivity index (χ1n) is 6.00. The van der Waals surface area contributed by atoms with Crippen molar-refractivity contribution >= 4 is 27.6 Å². The monoisotopic (exact) mass is 335 g/mol. The third-order valence-electron chi connectivity index (χ3n) is 2.87. The molecular formula is C15H14BrNO3. The molecule has 2 aromatic rings. The average Bonchev–Trinajstić information content (AvgIpc) is 2.46. The maximum Gasteiger partial charge on any atom is 0.335 e. The fraction of sp³-hybridized carbons (Fsp3) is 0.133. The van der Waals surface area contributed by atoms with Gasteiger partial charge in [-0.1, -0.05) is 34.1 Å². The van der Waals surface area contributed by atoms with Gasteiger partial charge in [0, 0.05) is 11.0 Å². The smallest absolute Gasteiger partial charge is 0.335 e. The molecule has 2 aromatic carbocycles. The Labute approximate surface area is 125 Å². The summed E-state index contributed by atoms with van der Waals surface area (Å²) in [4.78, 5) is 11.0. The van der Waals surface area contributed by atoms with Crippen LogP contribution < -0.4 is 10.1 Å². The van der Waals surface area contributed by atoms with Crippen LogP contribution in [0.1, 0.15) is 15.9 Å². The van der Waals surface area contributed by atoms with E-state index in [4.69, 9.17) is 9.84 Å². The Bertz CT molecular complexity index is 628. The summed E-state index contributed by atoms with van der Waals surface area (Å²) in [6, 6.07) is 12.6. The zero-order valence-corrected chi connectivity index (χ0v) is 12.5. The first-order valence-corrected chi connectivity index (χ1v) is 6.79. The lowest BCUT2D eigenvalue weighted by atomic mass is 10.1. The molecule has 0 amide bonds. The van der Waals surface area contributed by atoms with Crippen molar-refractivity contribution in [2.45, 2.75) is 6.54 Å². The number of ether oxygens (including phenoxy) is 1. The van der Waals surface area contributed by atoms with Crippen molar-refractivity contribution in [3.05, 3.63) is 58.1 Å². The summed E-state index contributed by atoms with van der Waals surface area (Å²) >= 11 is 3.48. The number of nitrogens with one attached hydrogen (secondary N) is 1. The van der Waals surface area contributed by atoms with Gasteiger partial charge in [-0.05, 0) is 29.8 Å². The van der Waals surface area contributed by atoms with Gasteiger partial charge in [0.15, 0.2) is 0 Å². The standard InChI is InChI=1S/C15H14BrNO3/c1-20-14-7-6-10(15(18)19)8-13(14)17-9-11-4-2-3-5-12(11)16/h2-8,17H,9H2,1H3,(H,18,19). The number of carbonyl (C=O) groups is 1. The molecule has 0 spiro atoms. The number of halogens is 1. The van der Waals surface area contributed by atoms with Crippen LogP contribution in [0, 0.1) is 0 Å². The number of rotatable bonds is 5. The highest BCUT2D eigenvalue weighted by Gasteiger charge is 2.09. The predicted molar refractivity (Wildman–Crippen MR) is 81.4 cm³/mol. The summed E-state index contributed by atoms with van der Waals surface area (Å²) in [6.45, 7) is 0.570. The van der Waals surface area contributed by atoms with E-state index in [-0.39, 0.29) is 5.56 Å². The van der Waals surface area contributed by atoms with E-state index in [0.717, 1.165) is 10.0 Å². The first-order chi connectivity index (χ1) is 9.61. The Kier molecular flexibility index (Phi) is 4.63. The van der Waals surface area contributed by atoms with Crippen molar-refractivity contribution in [1.29, 1.82) is 0 Å². The summed E-state index contributed by atoms with van der Waals surface area (Å²) < 4.78 is 6.23. The summed E-state index contributed by atoms with van der Waals surface area (Å²) in [7, 11) is 1.55. The second-order valence-electron chi connectivity index (χ2n) is 4.17. The number of methoxy groups -OCH3 is 1. The van der Waals surface area contributed by atoms with E-state index < -0.39 is 5.97 Å². The second kappa shape index (κ2) is 6.43. The van der Waals surface area contributed by atoms with E-state index in [9.17, 15) is 4.79 Å². The molecule has 0 aromatic heterocycles. The summed E-state index contributed by atoms with van der Waals surface area (Å²) in [5.74, 6) is -0.348. The molecule has 0 saturated carbocycles. The van der Waals surface area contributed by atoms with Gasteiger partial charge in [-0.3, -0.25) is 0 Å². The summed E-state index contributed by atoms with van der Waals surface area (Å²) in [6.07, 6.45) is 0. The number of benzene rings is 2. The first kappa shape index (κ1) is 14.4. The van der Waals surface area contributed by atoms with Crippen molar-refractivity contribution in [2.24, 2.45) is 0 Å². The molecule has 0 aliphatic carbocycles. The van der Waals surface area contributed by atoms with Crippen LogP contribution in [0.3, 0.4) is 0 Å². The van der Waals surface area contributed by atoms with Crippen molar-refractivity contribution in [3.63, 3.8) is 0 Å². The minimum atomic E-state index is -0.961. The van der Waals surface area contributed by atoms with E-state index in [1.807, 2.05) is 24.3 Å². The van der Waals surface area contributed by atoms with Crippen LogP contribution in [0.25, 0.3) is 0 Å². The third kappa shape index (κ3) is 3.30. The number of anilines is 1. The van der Waals surface area contributed by atoms with Crippen LogP contribution in [0.15, 0.2) is 46.9 Å². The van der Waals surface area contributed by atoms with Gasteiger partial charge in [0.2, 0.25) is 0 Å². The van der Waals surface area contributed by atoms with Gasteiger partial charge in [-0.25, -0.2) is 4.79 Å². The topological polar surface area (TPSA) is 58.6 Å². The van der Waals surface area contributed by atoms with Crippen molar-refractivity contribution in [3.8, 4) is 5.75 Å². The van der Waals surface area contributed by atoms with Crippen LogP contribution >= 0.6 is 15.9 Å². The fourth-order valence-electron chi connectivity index (χ4n) is 1.81. The lowest BCUT2D eigenvalue weighted by Crippen LogP contribution is -2.04. The lowest BCUT2D eigenvalue weighted by molar-refractivity contribution is 0.0697. The highest BCUT2D eigenvalue weighted by molar-refractivity contribution is 9.10. The van der Waals surface area contributed by atoms with E-state index in [2.05, 4.69) is 21.2 Å². The minimum absolute atomic E-state index is 0.223. The van der Waals surface area contributed by atoms with Crippen molar-refractivity contribution in [1.82, 2.24) is 0 Å². The molecule has 2 rings (SSSR count). The lowest BCUT2D eigenvalue weighted by Gasteiger charge is -2.12. The highest BCUT2D eigenvalue weighted by atomic mass is 79.9. The van der Waals surface area contributed by atoms with Crippen molar-refractivity contribution in [2.75, 3.05) is 12.4 Å². The molecule has 104 valence electrons. The molecule has 0 heterocycles. The molecule has 0 fully saturated rings. The van der Waals surface area contributed by atoms with Crippen LogP contribution in [0.2, 0.25) is 0 Å². The number of hydrogen-bond acceptors (Lipinski definition) is 3. The Balaban J connectivity index is 2.22. The predicted octanol–water partition coefficient (Wildman–Crippen LogP) is 3.77. The maximum atomic E-state index is 11.0. The van der Waals surface area contributed by atoms with Crippen LogP contribution in [-0.2, 0) is 6.54 Å². The molecule has 2 N–H and O–H groups in total. The molecule has 0 aliphatic heterocycles. The fourth-order valence-corrected chi connectivity index (χ4v) is 2.24. The number of carboxylic acids is 1. The summed E-state index contributed by atoms with van der Waals surface area (Å²) in [5, 5.41) is 12.2. The minimum Gasteiger partial charge on any atom is -0.495 e. The normalized spacial score (nSPS) is 10.1. The van der Waals surface area contributed by atoms with Gasteiger partial charge in [0.1, 0.15) is 5.75 Å². The molecule has 0 atom stereocenters. The molecule has 0 aliphatic rings. The second-order valence-corrected chi connectivity index (χ2v) is 5.02. The molecule has 20 heavy (non-hydrogen) atoms. The molecular weight excluding hydrogens is 322 g/mol. The molecule has 0 radical (unpaired) electrons. The van der Waals surface area contributed by atoms with E-state index in [1.165, 1.54) is 6.07 Å². The molecule has 0 saturated heterocycles. The zero-order chi connectivity index (χ0) is 14.5. The number of carboxylic acid groups (broad SMARTS) is 1. The van der Waals surface area contributed by atoms with Crippen LogP contribution in [0.5, 0.6) is 5.75 Å². The van der Waals surface area contributed by atoms with Gasteiger partial charge < -0.3 is 15.2 Å². The number of aromatic carboxylic acids is 1. The van der Waals surface area contributed by atoms with Gasteiger partial charge in [-0.2, -0.15) is 0 Å². The van der Waals surface area contributed by atoms with Gasteiger partial charge >= 0.3 is 5.97 Å². The maximum absolute atomic E-state index is 11.0. The van der Waals surface area contributed by atoms with Crippen LogP contribution in [-0.4, -0.2) is 18.2 Å². The van der Waals surface area contributed by atoms with Gasteiger partial charge in [0.05, 0.1) is 18.4 Å². The third-order valence-corrected chi connectivity index (χ3v) is 3.65. The average molecular weight is 336 g/mol.